The molecule has 2 aliphatic heterocycles. The van der Waals surface area contributed by atoms with Crippen LogP contribution in [0.15, 0.2) is 0 Å². The molecule has 0 radical (unpaired) electrons. The van der Waals surface area contributed by atoms with Gasteiger partial charge in [0.1, 0.15) is 0 Å². The number of likely N-dealkylation sites (tertiary alicyclic amines) is 1. The molecule has 2 aliphatic rings. The molecule has 4 heteroatoms. The van der Waals surface area contributed by atoms with Crippen LogP contribution in [0.1, 0.15) is 52.9 Å². The highest BCUT2D eigenvalue weighted by molar-refractivity contribution is 4.92. The maximum atomic E-state index is 6.21. The number of rotatable bonds is 8. The van der Waals surface area contributed by atoms with Crippen LogP contribution in [0.2, 0.25) is 0 Å². The Labute approximate surface area is 137 Å². The van der Waals surface area contributed by atoms with Crippen molar-refractivity contribution in [2.45, 2.75) is 64.6 Å². The van der Waals surface area contributed by atoms with Crippen LogP contribution in [-0.2, 0) is 9.47 Å². The maximum absolute atomic E-state index is 6.21. The zero-order chi connectivity index (χ0) is 15.8. The SMILES string of the molecule is CCN1CCC2(CC1)CN(CCCCCOC(C)C)CCO2. The van der Waals surface area contributed by atoms with Gasteiger partial charge in [-0.15, -0.1) is 0 Å². The number of hydrogen-bond donors (Lipinski definition) is 0. The van der Waals surface area contributed by atoms with Crippen molar-refractivity contribution < 1.29 is 9.47 Å². The molecule has 4 nitrogen and oxygen atoms in total. The van der Waals surface area contributed by atoms with E-state index in [1.807, 2.05) is 0 Å². The molecule has 0 aliphatic carbocycles. The summed E-state index contributed by atoms with van der Waals surface area (Å²) in [6.45, 7) is 15.4. The molecule has 22 heavy (non-hydrogen) atoms. The Morgan fingerprint density at radius 3 is 2.50 bits per heavy atom. The molecule has 2 rings (SSSR count). The molecule has 130 valence electrons. The summed E-state index contributed by atoms with van der Waals surface area (Å²) in [7, 11) is 0. The quantitative estimate of drug-likeness (QED) is 0.644. The number of hydrogen-bond acceptors (Lipinski definition) is 4. The predicted octanol–water partition coefficient (Wildman–Crippen LogP) is 2.77. The summed E-state index contributed by atoms with van der Waals surface area (Å²) in [5, 5.41) is 0. The molecule has 0 unspecified atom stereocenters. The third-order valence-corrected chi connectivity index (χ3v) is 5.11. The summed E-state index contributed by atoms with van der Waals surface area (Å²) in [6.07, 6.45) is 6.55. The number of ether oxygens (including phenoxy) is 2. The van der Waals surface area contributed by atoms with Crippen molar-refractivity contribution in [2.24, 2.45) is 0 Å². The molecule has 0 aromatic heterocycles. The lowest BCUT2D eigenvalue weighted by atomic mass is 9.89. The van der Waals surface area contributed by atoms with Gasteiger partial charge in [0.2, 0.25) is 0 Å². The molecule has 0 N–H and O–H groups in total. The van der Waals surface area contributed by atoms with E-state index in [2.05, 4.69) is 30.6 Å². The fourth-order valence-electron chi connectivity index (χ4n) is 3.63. The number of piperidine rings is 1. The Kier molecular flexibility index (Phi) is 7.61. The third kappa shape index (κ3) is 5.80. The summed E-state index contributed by atoms with van der Waals surface area (Å²) in [5.74, 6) is 0. The fraction of sp³-hybridized carbons (Fsp3) is 1.00. The molecule has 0 bridgehead atoms. The highest BCUT2D eigenvalue weighted by Gasteiger charge is 2.39. The van der Waals surface area contributed by atoms with Gasteiger partial charge in [0.15, 0.2) is 0 Å². The van der Waals surface area contributed by atoms with Crippen molar-refractivity contribution in [3.8, 4) is 0 Å². The highest BCUT2D eigenvalue weighted by atomic mass is 16.5. The van der Waals surface area contributed by atoms with Gasteiger partial charge in [0, 0.05) is 32.8 Å². The van der Waals surface area contributed by atoms with Crippen LogP contribution >= 0.6 is 0 Å². The summed E-state index contributed by atoms with van der Waals surface area (Å²) in [6, 6.07) is 0. The smallest absolute Gasteiger partial charge is 0.0833 e. The van der Waals surface area contributed by atoms with Crippen molar-refractivity contribution in [2.75, 3.05) is 52.5 Å². The monoisotopic (exact) mass is 312 g/mol. The van der Waals surface area contributed by atoms with Crippen LogP contribution in [0, 0.1) is 0 Å². The van der Waals surface area contributed by atoms with Crippen LogP contribution in [0.3, 0.4) is 0 Å². The van der Waals surface area contributed by atoms with E-state index in [1.165, 1.54) is 58.3 Å². The molecule has 2 fully saturated rings. The second-order valence-electron chi connectivity index (χ2n) is 7.22. The summed E-state index contributed by atoms with van der Waals surface area (Å²) in [5.41, 5.74) is 0.157. The Morgan fingerprint density at radius 2 is 1.82 bits per heavy atom. The minimum absolute atomic E-state index is 0.157. The number of morpholine rings is 1. The second-order valence-corrected chi connectivity index (χ2v) is 7.22. The average molecular weight is 312 g/mol. The lowest BCUT2D eigenvalue weighted by Gasteiger charge is -2.47. The largest absolute Gasteiger partial charge is 0.379 e. The van der Waals surface area contributed by atoms with Gasteiger partial charge in [0.25, 0.3) is 0 Å². The van der Waals surface area contributed by atoms with Gasteiger partial charge < -0.3 is 14.4 Å². The van der Waals surface area contributed by atoms with E-state index in [1.54, 1.807) is 0 Å². The van der Waals surface area contributed by atoms with Crippen molar-refractivity contribution in [3.63, 3.8) is 0 Å². The molecule has 2 saturated heterocycles. The topological polar surface area (TPSA) is 24.9 Å². The zero-order valence-electron chi connectivity index (χ0n) is 15.0. The van der Waals surface area contributed by atoms with E-state index >= 15 is 0 Å². The van der Waals surface area contributed by atoms with Gasteiger partial charge in [-0.25, -0.2) is 0 Å². The van der Waals surface area contributed by atoms with Gasteiger partial charge in [-0.2, -0.15) is 0 Å². The Bertz CT molecular complexity index is 301. The van der Waals surface area contributed by atoms with Crippen LogP contribution in [0.5, 0.6) is 0 Å². The number of nitrogens with zero attached hydrogens (tertiary/aromatic N) is 2. The normalized spacial score (nSPS) is 23.5. The molecule has 0 aromatic rings. The first-order valence-corrected chi connectivity index (χ1v) is 9.34. The van der Waals surface area contributed by atoms with Gasteiger partial charge in [-0.1, -0.05) is 6.92 Å². The van der Waals surface area contributed by atoms with Crippen molar-refractivity contribution in [3.05, 3.63) is 0 Å². The average Bonchev–Trinajstić information content (AvgIpc) is 2.51. The Hall–Kier alpha value is -0.160. The molecule has 0 aromatic carbocycles. The summed E-state index contributed by atoms with van der Waals surface area (Å²) < 4.78 is 11.8. The minimum atomic E-state index is 0.157. The van der Waals surface area contributed by atoms with Crippen LogP contribution in [-0.4, -0.2) is 74.0 Å². The molecule has 0 atom stereocenters. The van der Waals surface area contributed by atoms with E-state index in [-0.39, 0.29) is 5.60 Å². The Morgan fingerprint density at radius 1 is 1.05 bits per heavy atom. The molecule has 0 saturated carbocycles. The Balaban J connectivity index is 1.62. The molecular weight excluding hydrogens is 276 g/mol. The van der Waals surface area contributed by atoms with Crippen LogP contribution < -0.4 is 0 Å². The first kappa shape index (κ1) is 18.2. The lowest BCUT2D eigenvalue weighted by Crippen LogP contribution is -2.56. The molecule has 1 spiro atoms. The zero-order valence-corrected chi connectivity index (χ0v) is 15.0. The summed E-state index contributed by atoms with van der Waals surface area (Å²) in [4.78, 5) is 5.18. The van der Waals surface area contributed by atoms with Gasteiger partial charge in [-0.3, -0.25) is 4.90 Å². The molecule has 0 amide bonds. The molecular formula is C18H36N2O2. The first-order valence-electron chi connectivity index (χ1n) is 9.34. The van der Waals surface area contributed by atoms with E-state index < -0.39 is 0 Å². The molecule has 2 heterocycles. The van der Waals surface area contributed by atoms with Crippen LogP contribution in [0.4, 0.5) is 0 Å². The highest BCUT2D eigenvalue weighted by Crippen LogP contribution is 2.30. The van der Waals surface area contributed by atoms with E-state index in [0.717, 1.165) is 26.3 Å². The van der Waals surface area contributed by atoms with Crippen molar-refractivity contribution in [1.29, 1.82) is 0 Å². The standard InChI is InChI=1S/C18H36N2O2/c1-4-19-11-8-18(9-12-19)16-20(13-15-22-18)10-6-5-7-14-21-17(2)3/h17H,4-16H2,1-3H3. The predicted molar refractivity (Wildman–Crippen MR) is 91.4 cm³/mol. The van der Waals surface area contributed by atoms with Crippen molar-refractivity contribution >= 4 is 0 Å². The van der Waals surface area contributed by atoms with Gasteiger partial charge >= 0.3 is 0 Å². The van der Waals surface area contributed by atoms with E-state index in [9.17, 15) is 0 Å². The minimum Gasteiger partial charge on any atom is -0.379 e. The summed E-state index contributed by atoms with van der Waals surface area (Å²) >= 11 is 0. The first-order chi connectivity index (χ1) is 10.6. The maximum Gasteiger partial charge on any atom is 0.0833 e. The third-order valence-electron chi connectivity index (χ3n) is 5.11. The van der Waals surface area contributed by atoms with E-state index in [0.29, 0.717) is 6.10 Å². The van der Waals surface area contributed by atoms with Gasteiger partial charge in [0.05, 0.1) is 18.3 Å². The number of unbranched alkanes of at least 4 members (excludes halogenated alkanes) is 2. The fourth-order valence-corrected chi connectivity index (χ4v) is 3.63. The van der Waals surface area contributed by atoms with E-state index in [4.69, 9.17) is 9.47 Å². The second kappa shape index (κ2) is 9.21. The van der Waals surface area contributed by atoms with Crippen LogP contribution in [0.25, 0.3) is 0 Å². The van der Waals surface area contributed by atoms with Gasteiger partial charge in [-0.05, 0) is 59.0 Å². The lowest BCUT2D eigenvalue weighted by molar-refractivity contribution is -0.135. The van der Waals surface area contributed by atoms with Crippen molar-refractivity contribution in [1.82, 2.24) is 9.80 Å².